The Balaban J connectivity index is 1.86. The third-order valence-electron chi connectivity index (χ3n) is 3.15. The molecule has 0 aliphatic heterocycles. The highest BCUT2D eigenvalue weighted by Gasteiger charge is 2.10. The number of halogens is 1. The molecule has 1 N–H and O–H groups in total. The lowest BCUT2D eigenvalue weighted by atomic mass is 10.1. The van der Waals surface area contributed by atoms with Crippen LogP contribution in [0.3, 0.4) is 0 Å². The average Bonchev–Trinajstić information content (AvgIpc) is 2.83. The molecular formula is C15H13BrN2O. The number of hydrogen-bond donors (Lipinski definition) is 1. The van der Waals surface area contributed by atoms with Crippen LogP contribution >= 0.6 is 15.9 Å². The van der Waals surface area contributed by atoms with Gasteiger partial charge in [-0.05, 0) is 23.8 Å². The van der Waals surface area contributed by atoms with Gasteiger partial charge in [-0.15, -0.1) is 0 Å². The van der Waals surface area contributed by atoms with Gasteiger partial charge in [-0.3, -0.25) is 4.68 Å². The molecule has 3 rings (SSSR count). The lowest BCUT2D eigenvalue weighted by Crippen LogP contribution is -2.09. The van der Waals surface area contributed by atoms with E-state index < -0.39 is 6.10 Å². The van der Waals surface area contributed by atoms with E-state index in [9.17, 15) is 5.11 Å². The number of aromatic nitrogens is 2. The molecule has 0 radical (unpaired) electrons. The van der Waals surface area contributed by atoms with Crippen LogP contribution < -0.4 is 0 Å². The van der Waals surface area contributed by atoms with Crippen LogP contribution in [0.5, 0.6) is 0 Å². The first-order chi connectivity index (χ1) is 9.24. The third-order valence-corrected chi connectivity index (χ3v) is 3.68. The van der Waals surface area contributed by atoms with Gasteiger partial charge in [0.15, 0.2) is 0 Å². The summed E-state index contributed by atoms with van der Waals surface area (Å²) in [5.74, 6) is 0. The molecule has 0 spiro atoms. The van der Waals surface area contributed by atoms with Crippen molar-refractivity contribution < 1.29 is 5.11 Å². The molecule has 0 aliphatic rings. The number of aliphatic hydroxyl groups excluding tert-OH is 1. The van der Waals surface area contributed by atoms with E-state index in [0.717, 1.165) is 20.9 Å². The van der Waals surface area contributed by atoms with Gasteiger partial charge in [0.05, 0.1) is 24.4 Å². The van der Waals surface area contributed by atoms with E-state index in [1.807, 2.05) is 59.4 Å². The summed E-state index contributed by atoms with van der Waals surface area (Å²) in [6, 6.07) is 15.7. The van der Waals surface area contributed by atoms with Gasteiger partial charge >= 0.3 is 0 Å². The summed E-state index contributed by atoms with van der Waals surface area (Å²) in [7, 11) is 0. The fourth-order valence-corrected chi connectivity index (χ4v) is 2.39. The van der Waals surface area contributed by atoms with E-state index in [0.29, 0.717) is 6.54 Å². The van der Waals surface area contributed by atoms with Crippen LogP contribution in [-0.2, 0) is 6.54 Å². The lowest BCUT2D eigenvalue weighted by Gasteiger charge is -2.12. The van der Waals surface area contributed by atoms with Crippen molar-refractivity contribution in [2.75, 3.05) is 0 Å². The zero-order chi connectivity index (χ0) is 13.2. The smallest absolute Gasteiger partial charge is 0.0986 e. The van der Waals surface area contributed by atoms with Crippen LogP contribution in [-0.4, -0.2) is 14.9 Å². The van der Waals surface area contributed by atoms with Gasteiger partial charge in [-0.25, -0.2) is 0 Å². The molecule has 19 heavy (non-hydrogen) atoms. The Morgan fingerprint density at radius 3 is 2.63 bits per heavy atom. The molecule has 4 heteroatoms. The van der Waals surface area contributed by atoms with Crippen molar-refractivity contribution >= 4 is 26.8 Å². The molecule has 0 aliphatic carbocycles. The summed E-state index contributed by atoms with van der Waals surface area (Å²) in [5.41, 5.74) is 1.93. The SMILES string of the molecule is OC(Cn1ncc2ccccc21)c1ccc(Br)cc1. The molecule has 2 aromatic carbocycles. The van der Waals surface area contributed by atoms with Gasteiger partial charge in [-0.1, -0.05) is 46.3 Å². The van der Waals surface area contributed by atoms with Crippen molar-refractivity contribution in [2.24, 2.45) is 0 Å². The summed E-state index contributed by atoms with van der Waals surface area (Å²) in [4.78, 5) is 0. The maximum absolute atomic E-state index is 10.3. The van der Waals surface area contributed by atoms with Gasteiger partial charge in [0.25, 0.3) is 0 Å². The highest BCUT2D eigenvalue weighted by atomic mass is 79.9. The number of benzene rings is 2. The van der Waals surface area contributed by atoms with Crippen LogP contribution in [0.25, 0.3) is 10.9 Å². The topological polar surface area (TPSA) is 38.0 Å². The second kappa shape index (κ2) is 5.15. The molecule has 1 atom stereocenters. The highest BCUT2D eigenvalue weighted by Crippen LogP contribution is 2.20. The summed E-state index contributed by atoms with van der Waals surface area (Å²) in [6.07, 6.45) is 1.26. The van der Waals surface area contributed by atoms with E-state index >= 15 is 0 Å². The van der Waals surface area contributed by atoms with Crippen LogP contribution in [0.15, 0.2) is 59.2 Å². The van der Waals surface area contributed by atoms with E-state index in [4.69, 9.17) is 0 Å². The fourth-order valence-electron chi connectivity index (χ4n) is 2.13. The molecule has 3 aromatic rings. The number of rotatable bonds is 3. The van der Waals surface area contributed by atoms with Crippen LogP contribution in [0.2, 0.25) is 0 Å². The van der Waals surface area contributed by atoms with E-state index in [1.54, 1.807) is 0 Å². The van der Waals surface area contributed by atoms with Crippen molar-refractivity contribution in [1.29, 1.82) is 0 Å². The first-order valence-electron chi connectivity index (χ1n) is 6.08. The number of nitrogens with zero attached hydrogens (tertiary/aromatic N) is 2. The van der Waals surface area contributed by atoms with Gasteiger partial charge in [0.2, 0.25) is 0 Å². The molecule has 1 heterocycles. The molecule has 0 bridgehead atoms. The predicted molar refractivity (Wildman–Crippen MR) is 78.8 cm³/mol. The molecule has 0 amide bonds. The van der Waals surface area contributed by atoms with Gasteiger partial charge in [-0.2, -0.15) is 5.10 Å². The number of hydrogen-bond acceptors (Lipinski definition) is 2. The van der Waals surface area contributed by atoms with Crippen molar-refractivity contribution in [2.45, 2.75) is 12.6 Å². The molecule has 0 saturated carbocycles. The Hall–Kier alpha value is -1.65. The average molecular weight is 317 g/mol. The lowest BCUT2D eigenvalue weighted by molar-refractivity contribution is 0.153. The predicted octanol–water partition coefficient (Wildman–Crippen LogP) is 3.53. The maximum atomic E-state index is 10.3. The first-order valence-corrected chi connectivity index (χ1v) is 6.87. The Labute approximate surface area is 119 Å². The summed E-state index contributed by atoms with van der Waals surface area (Å²) < 4.78 is 2.84. The monoisotopic (exact) mass is 316 g/mol. The Morgan fingerprint density at radius 1 is 1.11 bits per heavy atom. The van der Waals surface area contributed by atoms with Crippen molar-refractivity contribution in [3.05, 3.63) is 64.8 Å². The molecule has 1 aromatic heterocycles. The molecule has 0 saturated heterocycles. The summed E-state index contributed by atoms with van der Waals surface area (Å²) in [5, 5.41) is 15.7. The number of fused-ring (bicyclic) bond motifs is 1. The first kappa shape index (κ1) is 12.4. The number of aliphatic hydroxyl groups is 1. The Bertz CT molecular complexity index is 691. The van der Waals surface area contributed by atoms with E-state index in [-0.39, 0.29) is 0 Å². The molecule has 1 unspecified atom stereocenters. The molecule has 0 fully saturated rings. The largest absolute Gasteiger partial charge is 0.386 e. The highest BCUT2D eigenvalue weighted by molar-refractivity contribution is 9.10. The quantitative estimate of drug-likeness (QED) is 0.802. The zero-order valence-corrected chi connectivity index (χ0v) is 11.8. The second-order valence-electron chi connectivity index (χ2n) is 4.45. The molecular weight excluding hydrogens is 304 g/mol. The van der Waals surface area contributed by atoms with Gasteiger partial charge in [0, 0.05) is 9.86 Å². The summed E-state index contributed by atoms with van der Waals surface area (Å²) >= 11 is 3.39. The molecule has 96 valence electrons. The van der Waals surface area contributed by atoms with E-state index in [2.05, 4.69) is 21.0 Å². The normalized spacial score (nSPS) is 12.7. The number of para-hydroxylation sites is 1. The Morgan fingerprint density at radius 2 is 1.84 bits per heavy atom. The minimum absolute atomic E-state index is 0.454. The Kier molecular flexibility index (Phi) is 3.36. The van der Waals surface area contributed by atoms with Crippen LogP contribution in [0.4, 0.5) is 0 Å². The maximum Gasteiger partial charge on any atom is 0.0986 e. The van der Waals surface area contributed by atoms with Crippen molar-refractivity contribution in [1.82, 2.24) is 9.78 Å². The van der Waals surface area contributed by atoms with Crippen LogP contribution in [0.1, 0.15) is 11.7 Å². The summed E-state index contributed by atoms with van der Waals surface area (Å²) in [6.45, 7) is 0.454. The van der Waals surface area contributed by atoms with Crippen LogP contribution in [0, 0.1) is 0 Å². The minimum atomic E-state index is -0.559. The fraction of sp³-hybridized carbons (Fsp3) is 0.133. The standard InChI is InChI=1S/C15H13BrN2O/c16-13-7-5-11(6-8-13)15(19)10-18-14-4-2-1-3-12(14)9-17-18/h1-9,15,19H,10H2. The van der Waals surface area contributed by atoms with Crippen molar-refractivity contribution in [3.63, 3.8) is 0 Å². The van der Waals surface area contributed by atoms with E-state index in [1.165, 1.54) is 0 Å². The van der Waals surface area contributed by atoms with Crippen molar-refractivity contribution in [3.8, 4) is 0 Å². The second-order valence-corrected chi connectivity index (χ2v) is 5.37. The molecule has 3 nitrogen and oxygen atoms in total. The van der Waals surface area contributed by atoms with Gasteiger partial charge in [0.1, 0.15) is 0 Å². The third kappa shape index (κ3) is 2.55. The zero-order valence-electron chi connectivity index (χ0n) is 10.2. The minimum Gasteiger partial charge on any atom is -0.386 e. The van der Waals surface area contributed by atoms with Gasteiger partial charge < -0.3 is 5.11 Å².